The van der Waals surface area contributed by atoms with Crippen molar-refractivity contribution in [2.45, 2.75) is 40.7 Å². The number of carbonyl (C=O) groups excluding carboxylic acids is 2. The van der Waals surface area contributed by atoms with Gasteiger partial charge in [-0.2, -0.15) is 0 Å². The molecule has 0 saturated carbocycles. The van der Waals surface area contributed by atoms with Crippen LogP contribution in [0.1, 0.15) is 53.3 Å². The van der Waals surface area contributed by atoms with Crippen LogP contribution in [-0.4, -0.2) is 18.0 Å². The highest BCUT2D eigenvalue weighted by Crippen LogP contribution is 2.25. The number of rotatable bonds is 6. The number of amides is 1. The van der Waals surface area contributed by atoms with Crippen molar-refractivity contribution in [3.8, 4) is 0 Å². The summed E-state index contributed by atoms with van der Waals surface area (Å²) in [4.78, 5) is 25.9. The molecule has 0 radical (unpaired) electrons. The molecule has 4 nitrogen and oxygen atoms in total. The third-order valence-corrected chi connectivity index (χ3v) is 5.28. The minimum absolute atomic E-state index is 0.196. The zero-order chi connectivity index (χ0) is 19.4. The number of hydrogen-bond acceptors (Lipinski definition) is 4. The van der Waals surface area contributed by atoms with E-state index in [-0.39, 0.29) is 29.4 Å². The molecule has 0 aliphatic heterocycles. The predicted octanol–water partition coefficient (Wildman–Crippen LogP) is 5.80. The second-order valence-electron chi connectivity index (χ2n) is 6.90. The maximum atomic E-state index is 12.6. The van der Waals surface area contributed by atoms with Crippen molar-refractivity contribution in [1.29, 1.82) is 0 Å². The summed E-state index contributed by atoms with van der Waals surface area (Å²) in [6.07, 6.45) is -0.203. The summed E-state index contributed by atoms with van der Waals surface area (Å²) < 4.78 is 5.66. The molecule has 2 rings (SSSR count). The quantitative estimate of drug-likeness (QED) is 0.631. The van der Waals surface area contributed by atoms with Crippen LogP contribution >= 0.6 is 22.9 Å². The smallest absolute Gasteiger partial charge is 0.340 e. The highest BCUT2D eigenvalue weighted by molar-refractivity contribution is 7.10. The van der Waals surface area contributed by atoms with E-state index in [1.165, 1.54) is 11.3 Å². The SMILES string of the molecule is Cc1sccc1C(=O)Nc1ccc(Cl)c(C(=O)OC(C(C)C)C(C)C)c1. The fourth-order valence-corrected chi connectivity index (χ4v) is 3.70. The van der Waals surface area contributed by atoms with Crippen molar-refractivity contribution in [1.82, 2.24) is 0 Å². The number of hydrogen-bond donors (Lipinski definition) is 1. The van der Waals surface area contributed by atoms with Crippen LogP contribution in [-0.2, 0) is 4.74 Å². The predicted molar refractivity (Wildman–Crippen MR) is 107 cm³/mol. The minimum atomic E-state index is -0.481. The van der Waals surface area contributed by atoms with E-state index in [9.17, 15) is 9.59 Å². The Labute approximate surface area is 163 Å². The van der Waals surface area contributed by atoms with Crippen LogP contribution in [0.25, 0.3) is 0 Å². The first-order valence-corrected chi connectivity index (χ1v) is 9.82. The Kier molecular flexibility index (Phi) is 6.84. The molecule has 0 atom stereocenters. The van der Waals surface area contributed by atoms with Crippen molar-refractivity contribution in [2.24, 2.45) is 11.8 Å². The lowest BCUT2D eigenvalue weighted by atomic mass is 9.96. The van der Waals surface area contributed by atoms with Gasteiger partial charge in [-0.25, -0.2) is 4.79 Å². The topological polar surface area (TPSA) is 55.4 Å². The standard InChI is InChI=1S/C20H24ClNO3S/c1-11(2)18(12(3)4)25-20(24)16-10-14(6-7-17(16)21)22-19(23)15-8-9-26-13(15)5/h6-12,18H,1-5H3,(H,22,23). The number of halogens is 1. The zero-order valence-electron chi connectivity index (χ0n) is 15.6. The summed E-state index contributed by atoms with van der Waals surface area (Å²) in [7, 11) is 0. The number of ether oxygens (including phenoxy) is 1. The van der Waals surface area contributed by atoms with Gasteiger partial charge in [-0.3, -0.25) is 4.79 Å². The lowest BCUT2D eigenvalue weighted by molar-refractivity contribution is 0.00326. The van der Waals surface area contributed by atoms with E-state index in [4.69, 9.17) is 16.3 Å². The van der Waals surface area contributed by atoms with E-state index in [0.717, 1.165) is 4.88 Å². The van der Waals surface area contributed by atoms with Gasteiger partial charge in [0, 0.05) is 10.6 Å². The fraction of sp³-hybridized carbons (Fsp3) is 0.400. The number of benzene rings is 1. The number of anilines is 1. The Bertz CT molecular complexity index is 790. The lowest BCUT2D eigenvalue weighted by Crippen LogP contribution is -2.29. The van der Waals surface area contributed by atoms with Crippen LogP contribution < -0.4 is 5.32 Å². The fourth-order valence-electron chi connectivity index (χ4n) is 2.81. The number of nitrogens with one attached hydrogen (secondary N) is 1. The molecule has 0 bridgehead atoms. The van der Waals surface area contributed by atoms with Gasteiger partial charge in [-0.1, -0.05) is 39.3 Å². The highest BCUT2D eigenvalue weighted by Gasteiger charge is 2.24. The van der Waals surface area contributed by atoms with Crippen LogP contribution in [0, 0.1) is 18.8 Å². The molecule has 0 spiro atoms. The molecule has 0 aliphatic carbocycles. The van der Waals surface area contributed by atoms with E-state index in [2.05, 4.69) is 5.32 Å². The number of aryl methyl sites for hydroxylation is 1. The van der Waals surface area contributed by atoms with Crippen LogP contribution in [0.4, 0.5) is 5.69 Å². The Balaban J connectivity index is 2.20. The van der Waals surface area contributed by atoms with E-state index >= 15 is 0 Å². The maximum absolute atomic E-state index is 12.6. The summed E-state index contributed by atoms with van der Waals surface area (Å²) in [5.74, 6) is -0.304. The summed E-state index contributed by atoms with van der Waals surface area (Å²) in [5, 5.41) is 4.97. The van der Waals surface area contributed by atoms with Crippen LogP contribution in [0.5, 0.6) is 0 Å². The van der Waals surface area contributed by atoms with Crippen molar-refractivity contribution < 1.29 is 14.3 Å². The molecule has 1 aromatic carbocycles. The second kappa shape index (κ2) is 8.69. The summed E-state index contributed by atoms with van der Waals surface area (Å²) in [5.41, 5.74) is 1.37. The largest absolute Gasteiger partial charge is 0.458 e. The number of carbonyl (C=O) groups is 2. The van der Waals surface area contributed by atoms with Gasteiger partial charge in [0.15, 0.2) is 0 Å². The average molecular weight is 394 g/mol. The Morgan fingerprint density at radius 1 is 1.08 bits per heavy atom. The van der Waals surface area contributed by atoms with Crippen molar-refractivity contribution in [3.63, 3.8) is 0 Å². The van der Waals surface area contributed by atoms with Gasteiger partial charge in [0.05, 0.1) is 16.1 Å². The molecule has 0 aliphatic rings. The first-order valence-electron chi connectivity index (χ1n) is 8.56. The molecule has 26 heavy (non-hydrogen) atoms. The van der Waals surface area contributed by atoms with Gasteiger partial charge in [-0.05, 0) is 48.4 Å². The molecule has 6 heteroatoms. The highest BCUT2D eigenvalue weighted by atomic mass is 35.5. The van der Waals surface area contributed by atoms with Gasteiger partial charge >= 0.3 is 5.97 Å². The monoisotopic (exact) mass is 393 g/mol. The normalized spacial score (nSPS) is 11.3. The Hall–Kier alpha value is -1.85. The number of esters is 1. The van der Waals surface area contributed by atoms with Crippen molar-refractivity contribution in [3.05, 3.63) is 50.7 Å². The molecule has 1 heterocycles. The van der Waals surface area contributed by atoms with E-state index < -0.39 is 5.97 Å². The molecule has 1 N–H and O–H groups in total. The second-order valence-corrected chi connectivity index (χ2v) is 8.42. The first-order chi connectivity index (χ1) is 12.2. The summed E-state index contributed by atoms with van der Waals surface area (Å²) >= 11 is 7.69. The summed E-state index contributed by atoms with van der Waals surface area (Å²) in [6, 6.07) is 6.59. The average Bonchev–Trinajstić information content (AvgIpc) is 2.99. The van der Waals surface area contributed by atoms with Crippen LogP contribution in [0.3, 0.4) is 0 Å². The molecule has 1 aromatic heterocycles. The first kappa shape index (κ1) is 20.5. The molecule has 0 saturated heterocycles. The van der Waals surface area contributed by atoms with Crippen molar-refractivity contribution >= 4 is 40.5 Å². The van der Waals surface area contributed by atoms with Gasteiger partial charge in [0.1, 0.15) is 6.10 Å². The third-order valence-electron chi connectivity index (χ3n) is 4.10. The number of thiophene rings is 1. The zero-order valence-corrected chi connectivity index (χ0v) is 17.2. The van der Waals surface area contributed by atoms with E-state index in [1.807, 2.05) is 40.0 Å². The maximum Gasteiger partial charge on any atom is 0.340 e. The molecule has 0 unspecified atom stereocenters. The molecule has 1 amide bonds. The Morgan fingerprint density at radius 2 is 1.73 bits per heavy atom. The van der Waals surface area contributed by atoms with Gasteiger partial charge < -0.3 is 10.1 Å². The molecule has 140 valence electrons. The van der Waals surface area contributed by atoms with Gasteiger partial charge in [-0.15, -0.1) is 11.3 Å². The van der Waals surface area contributed by atoms with E-state index in [0.29, 0.717) is 16.3 Å². The molecular weight excluding hydrogens is 370 g/mol. The van der Waals surface area contributed by atoms with Crippen LogP contribution in [0.15, 0.2) is 29.6 Å². The lowest BCUT2D eigenvalue weighted by Gasteiger charge is -2.25. The van der Waals surface area contributed by atoms with Crippen molar-refractivity contribution in [2.75, 3.05) is 5.32 Å². The minimum Gasteiger partial charge on any atom is -0.458 e. The summed E-state index contributed by atoms with van der Waals surface area (Å²) in [6.45, 7) is 9.94. The Morgan fingerprint density at radius 3 is 2.27 bits per heavy atom. The van der Waals surface area contributed by atoms with Crippen LogP contribution in [0.2, 0.25) is 5.02 Å². The van der Waals surface area contributed by atoms with Gasteiger partial charge in [0.2, 0.25) is 0 Å². The third kappa shape index (κ3) is 4.86. The molecular formula is C20H24ClNO3S. The molecule has 0 fully saturated rings. The van der Waals surface area contributed by atoms with E-state index in [1.54, 1.807) is 24.3 Å². The molecule has 2 aromatic rings. The van der Waals surface area contributed by atoms with Gasteiger partial charge in [0.25, 0.3) is 5.91 Å².